The molecule has 0 saturated carbocycles. The van der Waals surface area contributed by atoms with Crippen molar-refractivity contribution in [2.75, 3.05) is 25.6 Å². The molecule has 30 heavy (non-hydrogen) atoms. The molecule has 3 heterocycles. The molecule has 3 aromatic rings. The summed E-state index contributed by atoms with van der Waals surface area (Å²) in [4.78, 5) is 15.3. The molecule has 0 radical (unpaired) electrons. The van der Waals surface area contributed by atoms with Crippen LogP contribution in [0.25, 0.3) is 11.4 Å². The van der Waals surface area contributed by atoms with Crippen LogP contribution in [-0.2, 0) is 4.79 Å². The van der Waals surface area contributed by atoms with E-state index in [9.17, 15) is 4.79 Å². The van der Waals surface area contributed by atoms with E-state index in [1.54, 1.807) is 7.11 Å². The number of aromatic nitrogens is 3. The van der Waals surface area contributed by atoms with Crippen molar-refractivity contribution in [3.05, 3.63) is 60.2 Å². The van der Waals surface area contributed by atoms with E-state index in [0.717, 1.165) is 48.6 Å². The number of nitrogens with zero attached hydrogens (tertiary/aromatic N) is 4. The number of carbonyl (C=O) groups is 1. The number of benzene rings is 2. The van der Waals surface area contributed by atoms with Crippen LogP contribution in [0.4, 0.5) is 0 Å². The highest BCUT2D eigenvalue weighted by Crippen LogP contribution is 2.40. The fourth-order valence-corrected chi connectivity index (χ4v) is 5.16. The Balaban J connectivity index is 1.53. The Morgan fingerprint density at radius 1 is 1.07 bits per heavy atom. The largest absolute Gasteiger partial charge is 0.497 e. The third kappa shape index (κ3) is 3.41. The molecule has 1 saturated heterocycles. The molecule has 1 amide bonds. The molecular formula is C22H23N5O2S. The van der Waals surface area contributed by atoms with Gasteiger partial charge in [0.05, 0.1) is 13.2 Å². The minimum Gasteiger partial charge on any atom is -0.497 e. The van der Waals surface area contributed by atoms with Crippen LogP contribution in [0.1, 0.15) is 24.4 Å². The second kappa shape index (κ2) is 8.02. The van der Waals surface area contributed by atoms with Gasteiger partial charge in [-0.3, -0.25) is 4.79 Å². The van der Waals surface area contributed by atoms with Crippen LogP contribution in [0.15, 0.2) is 59.8 Å². The molecule has 2 atom stereocenters. The maximum absolute atomic E-state index is 13.4. The summed E-state index contributed by atoms with van der Waals surface area (Å²) >= 11 is 1.48. The maximum atomic E-state index is 13.4. The fraction of sp³-hybridized carbons (Fsp3) is 0.318. The van der Waals surface area contributed by atoms with Crippen molar-refractivity contribution in [3.63, 3.8) is 0 Å². The highest BCUT2D eigenvalue weighted by Gasteiger charge is 2.40. The second-order valence-corrected chi connectivity index (χ2v) is 8.57. The topological polar surface area (TPSA) is 72.3 Å². The lowest BCUT2D eigenvalue weighted by Crippen LogP contribution is -2.45. The standard InChI is InChI=1S/C22H23N5O2S/c1-29-17-11-9-15(10-12-17)18-19(21(28)26-13-5-6-14-26)30-22-24-23-20(27(22)25-18)16-7-3-2-4-8-16/h2-4,7-12,18-19,25H,5-6,13-14H2,1H3/t18-,19-/m0/s1. The number of fused-ring (bicyclic) bond motifs is 1. The number of amides is 1. The SMILES string of the molecule is COc1ccc([C@@H]2Nn3c(nnc3-c3ccccc3)S[C@@H]2C(=O)N2CCCC2)cc1. The first-order chi connectivity index (χ1) is 14.7. The van der Waals surface area contributed by atoms with E-state index in [0.29, 0.717) is 5.16 Å². The lowest BCUT2D eigenvalue weighted by atomic mass is 10.0. The molecule has 0 aliphatic carbocycles. The number of ether oxygens (including phenoxy) is 1. The molecule has 1 N–H and O–H groups in total. The molecule has 2 aromatic carbocycles. The van der Waals surface area contributed by atoms with Gasteiger partial charge >= 0.3 is 0 Å². The van der Waals surface area contributed by atoms with E-state index in [1.807, 2.05) is 64.2 Å². The van der Waals surface area contributed by atoms with Crippen LogP contribution < -0.4 is 10.2 Å². The van der Waals surface area contributed by atoms with E-state index in [4.69, 9.17) is 4.74 Å². The summed E-state index contributed by atoms with van der Waals surface area (Å²) in [5.74, 6) is 1.68. The number of carbonyl (C=O) groups excluding carboxylic acids is 1. The molecule has 5 rings (SSSR count). The fourth-order valence-electron chi connectivity index (χ4n) is 4.00. The molecule has 0 unspecified atom stereocenters. The number of likely N-dealkylation sites (tertiary alicyclic amines) is 1. The third-order valence-electron chi connectivity index (χ3n) is 5.60. The maximum Gasteiger partial charge on any atom is 0.238 e. The van der Waals surface area contributed by atoms with E-state index >= 15 is 0 Å². The first kappa shape index (κ1) is 19.0. The molecular weight excluding hydrogens is 398 g/mol. The Hall–Kier alpha value is -3.00. The summed E-state index contributed by atoms with van der Waals surface area (Å²) in [6.07, 6.45) is 2.14. The van der Waals surface area contributed by atoms with Crippen molar-refractivity contribution in [2.24, 2.45) is 0 Å². The van der Waals surface area contributed by atoms with Crippen molar-refractivity contribution < 1.29 is 9.53 Å². The molecule has 2 aliphatic rings. The number of thioether (sulfide) groups is 1. The molecule has 0 spiro atoms. The smallest absolute Gasteiger partial charge is 0.238 e. The summed E-state index contributed by atoms with van der Waals surface area (Å²) in [6.45, 7) is 1.65. The van der Waals surface area contributed by atoms with Crippen LogP contribution in [0.3, 0.4) is 0 Å². The van der Waals surface area contributed by atoms with E-state index in [2.05, 4.69) is 15.6 Å². The van der Waals surface area contributed by atoms with Gasteiger partial charge in [-0.1, -0.05) is 54.2 Å². The van der Waals surface area contributed by atoms with Crippen molar-refractivity contribution in [2.45, 2.75) is 29.3 Å². The van der Waals surface area contributed by atoms with Gasteiger partial charge in [-0.05, 0) is 30.5 Å². The molecule has 1 fully saturated rings. The number of hydrogen-bond donors (Lipinski definition) is 1. The van der Waals surface area contributed by atoms with Crippen molar-refractivity contribution in [1.82, 2.24) is 19.8 Å². The van der Waals surface area contributed by atoms with Crippen LogP contribution in [0.2, 0.25) is 0 Å². The van der Waals surface area contributed by atoms with Gasteiger partial charge in [0.15, 0.2) is 5.82 Å². The van der Waals surface area contributed by atoms with Gasteiger partial charge in [0.1, 0.15) is 11.0 Å². The zero-order chi connectivity index (χ0) is 20.5. The zero-order valence-corrected chi connectivity index (χ0v) is 17.5. The van der Waals surface area contributed by atoms with Gasteiger partial charge in [0.2, 0.25) is 11.1 Å². The predicted molar refractivity (Wildman–Crippen MR) is 116 cm³/mol. The Kier molecular flexibility index (Phi) is 5.08. The Labute approximate surface area is 179 Å². The Morgan fingerprint density at radius 2 is 1.80 bits per heavy atom. The van der Waals surface area contributed by atoms with Gasteiger partial charge in [0.25, 0.3) is 0 Å². The van der Waals surface area contributed by atoms with E-state index < -0.39 is 0 Å². The lowest BCUT2D eigenvalue weighted by molar-refractivity contribution is -0.129. The Morgan fingerprint density at radius 3 is 2.50 bits per heavy atom. The molecule has 2 aliphatic heterocycles. The van der Waals surface area contributed by atoms with Crippen LogP contribution in [0, 0.1) is 0 Å². The highest BCUT2D eigenvalue weighted by atomic mass is 32.2. The quantitative estimate of drug-likeness (QED) is 0.697. The monoisotopic (exact) mass is 421 g/mol. The Bertz CT molecular complexity index is 1030. The normalized spacial score (nSPS) is 20.5. The molecule has 1 aromatic heterocycles. The number of methoxy groups -OCH3 is 1. The van der Waals surface area contributed by atoms with Crippen molar-refractivity contribution in [3.8, 4) is 17.1 Å². The van der Waals surface area contributed by atoms with Gasteiger partial charge in [0, 0.05) is 18.7 Å². The van der Waals surface area contributed by atoms with Gasteiger partial charge < -0.3 is 15.1 Å². The van der Waals surface area contributed by atoms with Gasteiger partial charge in [-0.2, -0.15) is 0 Å². The highest BCUT2D eigenvalue weighted by molar-refractivity contribution is 8.00. The minimum absolute atomic E-state index is 0.154. The number of rotatable bonds is 4. The lowest BCUT2D eigenvalue weighted by Gasteiger charge is -2.35. The van der Waals surface area contributed by atoms with Crippen LogP contribution in [0.5, 0.6) is 5.75 Å². The number of hydrogen-bond acceptors (Lipinski definition) is 6. The summed E-state index contributed by atoms with van der Waals surface area (Å²) < 4.78 is 7.21. The predicted octanol–water partition coefficient (Wildman–Crippen LogP) is 3.34. The molecule has 154 valence electrons. The summed E-state index contributed by atoms with van der Waals surface area (Å²) in [5.41, 5.74) is 5.54. The first-order valence-corrected chi connectivity index (χ1v) is 11.0. The van der Waals surface area contributed by atoms with Crippen LogP contribution in [-0.4, -0.2) is 51.1 Å². The first-order valence-electron chi connectivity index (χ1n) is 10.1. The third-order valence-corrected chi connectivity index (χ3v) is 6.81. The number of nitrogens with one attached hydrogen (secondary N) is 1. The molecule has 8 heteroatoms. The molecule has 0 bridgehead atoms. The van der Waals surface area contributed by atoms with Gasteiger partial charge in [-0.15, -0.1) is 10.2 Å². The van der Waals surface area contributed by atoms with Crippen LogP contribution >= 0.6 is 11.8 Å². The van der Waals surface area contributed by atoms with Crippen molar-refractivity contribution in [1.29, 1.82) is 0 Å². The average molecular weight is 422 g/mol. The van der Waals surface area contributed by atoms with Gasteiger partial charge in [-0.25, -0.2) is 4.68 Å². The minimum atomic E-state index is -0.309. The molecule has 7 nitrogen and oxygen atoms in total. The summed E-state index contributed by atoms with van der Waals surface area (Å²) in [6, 6.07) is 17.6. The van der Waals surface area contributed by atoms with Crippen molar-refractivity contribution >= 4 is 17.7 Å². The summed E-state index contributed by atoms with van der Waals surface area (Å²) in [7, 11) is 1.65. The average Bonchev–Trinajstić information content (AvgIpc) is 3.48. The van der Waals surface area contributed by atoms with E-state index in [-0.39, 0.29) is 17.2 Å². The zero-order valence-electron chi connectivity index (χ0n) is 16.7. The van der Waals surface area contributed by atoms with E-state index in [1.165, 1.54) is 11.8 Å². The second-order valence-electron chi connectivity index (χ2n) is 7.46. The summed E-state index contributed by atoms with van der Waals surface area (Å²) in [5, 5.41) is 9.17.